The number of hydrogen-bond acceptors (Lipinski definition) is 2. The molecule has 3 rings (SSSR count). The van der Waals surface area contributed by atoms with Crippen molar-refractivity contribution < 1.29 is 9.59 Å². The Bertz CT molecular complexity index is 1010. The predicted octanol–water partition coefficient (Wildman–Crippen LogP) is 6.26. The summed E-state index contributed by atoms with van der Waals surface area (Å²) in [6.45, 7) is 0. The molecule has 3 aromatic carbocycles. The van der Waals surface area contributed by atoms with E-state index in [0.29, 0.717) is 27.5 Å². The van der Waals surface area contributed by atoms with Gasteiger partial charge in [-0.05, 0) is 60.7 Å². The number of hydrogen-bond donors (Lipinski definition) is 2. The molecule has 0 fully saturated rings. The van der Waals surface area contributed by atoms with Crippen molar-refractivity contribution in [1.82, 2.24) is 0 Å². The van der Waals surface area contributed by atoms with Crippen molar-refractivity contribution in [1.29, 1.82) is 0 Å². The third kappa shape index (κ3) is 5.10. The highest BCUT2D eigenvalue weighted by Crippen LogP contribution is 2.23. The number of carbonyl (C=O) groups is 2. The van der Waals surface area contributed by atoms with Gasteiger partial charge in [0, 0.05) is 26.4 Å². The zero-order valence-electron chi connectivity index (χ0n) is 13.8. The van der Waals surface area contributed by atoms with Gasteiger partial charge in [0.1, 0.15) is 0 Å². The smallest absolute Gasteiger partial charge is 0.257 e. The molecule has 0 aliphatic carbocycles. The maximum atomic E-state index is 12.4. The Hall–Kier alpha value is -2.34. The van der Waals surface area contributed by atoms with Gasteiger partial charge in [-0.15, -0.1) is 0 Å². The topological polar surface area (TPSA) is 58.2 Å². The largest absolute Gasteiger partial charge is 0.322 e. The van der Waals surface area contributed by atoms with E-state index in [1.165, 1.54) is 6.07 Å². The zero-order chi connectivity index (χ0) is 19.4. The molecule has 0 heterocycles. The maximum absolute atomic E-state index is 12.4. The average Bonchev–Trinajstić information content (AvgIpc) is 2.62. The molecule has 0 aliphatic rings. The Morgan fingerprint density at radius 3 is 2.04 bits per heavy atom. The van der Waals surface area contributed by atoms with E-state index in [-0.39, 0.29) is 16.8 Å². The monoisotopic (exact) mass is 462 g/mol. The molecule has 2 amide bonds. The van der Waals surface area contributed by atoms with Gasteiger partial charge in [0.15, 0.2) is 0 Å². The Labute approximate surface area is 174 Å². The summed E-state index contributed by atoms with van der Waals surface area (Å²) in [5.41, 5.74) is 1.92. The average molecular weight is 464 g/mol. The van der Waals surface area contributed by atoms with Gasteiger partial charge in [-0.25, -0.2) is 0 Å². The number of nitrogens with one attached hydrogen (secondary N) is 2. The van der Waals surface area contributed by atoms with Gasteiger partial charge in [0.2, 0.25) is 0 Å². The molecule has 0 bridgehead atoms. The van der Waals surface area contributed by atoms with Crippen LogP contribution >= 0.6 is 39.1 Å². The highest BCUT2D eigenvalue weighted by atomic mass is 79.9. The van der Waals surface area contributed by atoms with Crippen molar-refractivity contribution in [2.24, 2.45) is 0 Å². The van der Waals surface area contributed by atoms with Crippen LogP contribution in [0.5, 0.6) is 0 Å². The second-order valence-electron chi connectivity index (χ2n) is 5.62. The van der Waals surface area contributed by atoms with Crippen LogP contribution in [-0.2, 0) is 0 Å². The summed E-state index contributed by atoms with van der Waals surface area (Å²) in [6, 6.07) is 18.5. The minimum Gasteiger partial charge on any atom is -0.322 e. The van der Waals surface area contributed by atoms with Crippen molar-refractivity contribution in [2.75, 3.05) is 10.6 Å². The summed E-state index contributed by atoms with van der Waals surface area (Å²) in [4.78, 5) is 24.7. The van der Waals surface area contributed by atoms with Crippen LogP contribution in [0.3, 0.4) is 0 Å². The molecular weight excluding hydrogens is 451 g/mol. The lowest BCUT2D eigenvalue weighted by Crippen LogP contribution is -2.14. The first-order valence-corrected chi connectivity index (χ1v) is 9.40. The van der Waals surface area contributed by atoms with E-state index in [1.54, 1.807) is 60.7 Å². The first-order chi connectivity index (χ1) is 12.9. The van der Waals surface area contributed by atoms with Gasteiger partial charge in [-0.3, -0.25) is 9.59 Å². The normalized spacial score (nSPS) is 10.3. The minimum absolute atomic E-state index is 0.244. The molecule has 2 N–H and O–H groups in total. The summed E-state index contributed by atoms with van der Waals surface area (Å²) in [5.74, 6) is -0.611. The Balaban J connectivity index is 1.72. The van der Waals surface area contributed by atoms with E-state index in [4.69, 9.17) is 23.2 Å². The van der Waals surface area contributed by atoms with Crippen LogP contribution in [0.4, 0.5) is 11.4 Å². The third-order valence-electron chi connectivity index (χ3n) is 3.66. The van der Waals surface area contributed by atoms with Crippen LogP contribution < -0.4 is 10.6 Å². The molecule has 0 aliphatic heterocycles. The molecule has 3 aromatic rings. The number of halogens is 3. The molecule has 0 atom stereocenters. The zero-order valence-corrected chi connectivity index (χ0v) is 16.9. The molecule has 0 aromatic heterocycles. The molecule has 0 spiro atoms. The highest BCUT2D eigenvalue weighted by molar-refractivity contribution is 9.10. The van der Waals surface area contributed by atoms with E-state index in [2.05, 4.69) is 26.6 Å². The molecule has 0 unspecified atom stereocenters. The summed E-state index contributed by atoms with van der Waals surface area (Å²) in [5, 5.41) is 6.27. The minimum atomic E-state index is -0.368. The van der Waals surface area contributed by atoms with Crippen LogP contribution in [0.15, 0.2) is 71.2 Å². The lowest BCUT2D eigenvalue weighted by molar-refractivity contribution is 0.101. The Kier molecular flexibility index (Phi) is 6.16. The summed E-state index contributed by atoms with van der Waals surface area (Å²) in [6.07, 6.45) is 0. The Morgan fingerprint density at radius 1 is 0.778 bits per heavy atom. The fourth-order valence-electron chi connectivity index (χ4n) is 2.35. The van der Waals surface area contributed by atoms with Gasteiger partial charge >= 0.3 is 0 Å². The predicted molar refractivity (Wildman–Crippen MR) is 113 cm³/mol. The molecule has 4 nitrogen and oxygen atoms in total. The number of rotatable bonds is 4. The van der Waals surface area contributed by atoms with Crippen molar-refractivity contribution in [2.45, 2.75) is 0 Å². The number of anilines is 2. The standard InChI is InChI=1S/C20H13BrCl2N2O2/c21-13-6-4-12(5-7-13)19(26)24-15-2-1-3-16(11-15)25-20(27)17-9-8-14(22)10-18(17)23/h1-11H,(H,24,26)(H,25,27). The lowest BCUT2D eigenvalue weighted by atomic mass is 10.2. The first-order valence-electron chi connectivity index (χ1n) is 7.86. The second kappa shape index (κ2) is 8.57. The van der Waals surface area contributed by atoms with Gasteiger partial charge < -0.3 is 10.6 Å². The van der Waals surface area contributed by atoms with Crippen LogP contribution in [0.1, 0.15) is 20.7 Å². The van der Waals surface area contributed by atoms with E-state index < -0.39 is 0 Å². The molecule has 27 heavy (non-hydrogen) atoms. The number of benzene rings is 3. The van der Waals surface area contributed by atoms with Crippen LogP contribution in [0, 0.1) is 0 Å². The van der Waals surface area contributed by atoms with Gasteiger partial charge in [0.05, 0.1) is 10.6 Å². The van der Waals surface area contributed by atoms with Crippen LogP contribution in [0.25, 0.3) is 0 Å². The quantitative estimate of drug-likeness (QED) is 0.479. The lowest BCUT2D eigenvalue weighted by Gasteiger charge is -2.10. The van der Waals surface area contributed by atoms with E-state index in [0.717, 1.165) is 4.47 Å². The number of amides is 2. The van der Waals surface area contributed by atoms with Crippen molar-refractivity contribution >= 4 is 62.3 Å². The Morgan fingerprint density at radius 2 is 1.41 bits per heavy atom. The fraction of sp³-hybridized carbons (Fsp3) is 0. The SMILES string of the molecule is O=C(Nc1cccc(NC(=O)c2ccc(Cl)cc2Cl)c1)c1ccc(Br)cc1. The van der Waals surface area contributed by atoms with E-state index in [9.17, 15) is 9.59 Å². The molecule has 0 radical (unpaired) electrons. The van der Waals surface area contributed by atoms with E-state index in [1.807, 2.05) is 0 Å². The third-order valence-corrected chi connectivity index (χ3v) is 4.74. The summed E-state index contributed by atoms with van der Waals surface area (Å²) >= 11 is 15.2. The van der Waals surface area contributed by atoms with Gasteiger partial charge in [-0.1, -0.05) is 45.2 Å². The summed E-state index contributed by atoms with van der Waals surface area (Å²) in [7, 11) is 0. The van der Waals surface area contributed by atoms with Crippen LogP contribution in [0.2, 0.25) is 10.0 Å². The van der Waals surface area contributed by atoms with Gasteiger partial charge in [-0.2, -0.15) is 0 Å². The first kappa shape index (κ1) is 19.4. The molecular formula is C20H13BrCl2N2O2. The highest BCUT2D eigenvalue weighted by Gasteiger charge is 2.12. The van der Waals surface area contributed by atoms with Crippen LogP contribution in [-0.4, -0.2) is 11.8 Å². The second-order valence-corrected chi connectivity index (χ2v) is 7.38. The molecule has 7 heteroatoms. The number of carbonyl (C=O) groups excluding carboxylic acids is 2. The van der Waals surface area contributed by atoms with Crippen molar-refractivity contribution in [3.05, 3.63) is 92.4 Å². The molecule has 0 saturated heterocycles. The maximum Gasteiger partial charge on any atom is 0.257 e. The summed E-state index contributed by atoms with van der Waals surface area (Å²) < 4.78 is 0.893. The fourth-order valence-corrected chi connectivity index (χ4v) is 3.11. The van der Waals surface area contributed by atoms with E-state index >= 15 is 0 Å². The molecule has 0 saturated carbocycles. The van der Waals surface area contributed by atoms with Crippen molar-refractivity contribution in [3.8, 4) is 0 Å². The van der Waals surface area contributed by atoms with Crippen molar-refractivity contribution in [3.63, 3.8) is 0 Å². The van der Waals surface area contributed by atoms with Gasteiger partial charge in [0.25, 0.3) is 11.8 Å². The molecule has 136 valence electrons.